The van der Waals surface area contributed by atoms with Gasteiger partial charge in [-0.3, -0.25) is 9.89 Å². The van der Waals surface area contributed by atoms with Gasteiger partial charge in [0, 0.05) is 18.8 Å². The van der Waals surface area contributed by atoms with E-state index in [2.05, 4.69) is 39.2 Å². The van der Waals surface area contributed by atoms with Gasteiger partial charge in [-0.05, 0) is 47.8 Å². The van der Waals surface area contributed by atoms with Crippen molar-refractivity contribution in [3.8, 4) is 0 Å². The number of aliphatic hydroxyl groups is 1. The highest BCUT2D eigenvalue weighted by Gasteiger charge is 2.27. The Morgan fingerprint density at radius 1 is 1.00 bits per heavy atom. The first-order valence-corrected chi connectivity index (χ1v) is 10.6. The summed E-state index contributed by atoms with van der Waals surface area (Å²) in [5, 5.41) is 9.81. The van der Waals surface area contributed by atoms with E-state index >= 15 is 0 Å². The molecule has 30 heavy (non-hydrogen) atoms. The summed E-state index contributed by atoms with van der Waals surface area (Å²) in [6.07, 6.45) is 10.6. The third-order valence-electron chi connectivity index (χ3n) is 6.07. The Morgan fingerprint density at radius 2 is 1.83 bits per heavy atom. The van der Waals surface area contributed by atoms with Crippen molar-refractivity contribution in [2.45, 2.75) is 44.6 Å². The number of H-pyrrole nitrogens is 1. The fourth-order valence-corrected chi connectivity index (χ4v) is 4.48. The largest absolute Gasteiger partial charge is 0.392 e. The molecule has 2 heterocycles. The number of allylic oxidation sites excluding steroid dienone is 1. The molecule has 2 atom stereocenters. The molecule has 0 amide bonds. The number of rotatable bonds is 6. The third kappa shape index (κ3) is 3.86. The van der Waals surface area contributed by atoms with Gasteiger partial charge in [-0.1, -0.05) is 48.6 Å². The first-order chi connectivity index (χ1) is 14.8. The van der Waals surface area contributed by atoms with Gasteiger partial charge in [-0.25, -0.2) is 4.98 Å². The number of hydrogen-bond acceptors (Lipinski definition) is 4. The van der Waals surface area contributed by atoms with Crippen LogP contribution in [-0.2, 0) is 19.7 Å². The summed E-state index contributed by atoms with van der Waals surface area (Å²) in [7, 11) is 0. The molecule has 5 heteroatoms. The Hall–Kier alpha value is -3.02. The number of aliphatic hydroxyl groups excluding tert-OH is 1. The monoisotopic (exact) mass is 398 g/mol. The van der Waals surface area contributed by atoms with Gasteiger partial charge in [0.05, 0.1) is 30.2 Å². The number of aliphatic imine (C=N–C) groups is 1. The number of nitrogens with zero attached hydrogens (tertiary/aromatic N) is 3. The molecule has 0 radical (unpaired) electrons. The minimum atomic E-state index is 0.0555. The zero-order valence-corrected chi connectivity index (χ0v) is 16.9. The van der Waals surface area contributed by atoms with Gasteiger partial charge in [-0.2, -0.15) is 0 Å². The van der Waals surface area contributed by atoms with Crippen LogP contribution in [0, 0.1) is 0 Å². The first kappa shape index (κ1) is 19.0. The zero-order chi connectivity index (χ0) is 20.3. The third-order valence-corrected chi connectivity index (χ3v) is 6.07. The van der Waals surface area contributed by atoms with Crippen molar-refractivity contribution in [3.05, 3.63) is 89.3 Å². The normalized spacial score (nSPS) is 20.5. The molecular formula is C25H26N4O. The Balaban J connectivity index is 1.47. The number of para-hydroxylation sites is 2. The molecule has 3 aromatic rings. The van der Waals surface area contributed by atoms with E-state index in [1.807, 2.05) is 48.7 Å². The van der Waals surface area contributed by atoms with Gasteiger partial charge in [0.1, 0.15) is 5.82 Å². The van der Waals surface area contributed by atoms with Crippen LogP contribution < -0.4 is 0 Å². The van der Waals surface area contributed by atoms with Crippen LogP contribution in [0.2, 0.25) is 0 Å². The van der Waals surface area contributed by atoms with Crippen LogP contribution >= 0.6 is 0 Å². The lowest BCUT2D eigenvalue weighted by Gasteiger charge is -2.35. The average molecular weight is 399 g/mol. The fourth-order valence-electron chi connectivity index (χ4n) is 4.48. The molecule has 5 rings (SSSR count). The van der Waals surface area contributed by atoms with E-state index in [4.69, 9.17) is 4.98 Å². The molecule has 1 aliphatic carbocycles. The van der Waals surface area contributed by atoms with E-state index in [0.717, 1.165) is 53.9 Å². The van der Waals surface area contributed by atoms with E-state index in [9.17, 15) is 5.11 Å². The van der Waals surface area contributed by atoms with Gasteiger partial charge in [0.2, 0.25) is 0 Å². The number of aromatic nitrogens is 2. The summed E-state index contributed by atoms with van der Waals surface area (Å²) in [4.78, 5) is 15.4. The summed E-state index contributed by atoms with van der Waals surface area (Å²) < 4.78 is 0. The molecule has 152 valence electrons. The molecule has 0 bridgehead atoms. The first-order valence-electron chi connectivity index (χ1n) is 10.6. The predicted octanol–water partition coefficient (Wildman–Crippen LogP) is 4.16. The van der Waals surface area contributed by atoms with Gasteiger partial charge < -0.3 is 10.1 Å². The molecule has 0 fully saturated rings. The van der Waals surface area contributed by atoms with E-state index in [0.29, 0.717) is 12.1 Å². The van der Waals surface area contributed by atoms with Crippen molar-refractivity contribution in [2.75, 3.05) is 0 Å². The molecule has 0 saturated heterocycles. The summed E-state index contributed by atoms with van der Waals surface area (Å²) in [5.41, 5.74) is 5.51. The Kier molecular flexibility index (Phi) is 5.30. The molecule has 0 spiro atoms. The van der Waals surface area contributed by atoms with Crippen LogP contribution in [0.15, 0.2) is 77.3 Å². The van der Waals surface area contributed by atoms with Gasteiger partial charge in [-0.15, -0.1) is 0 Å². The van der Waals surface area contributed by atoms with Crippen LogP contribution in [0.5, 0.6) is 0 Å². The molecule has 2 unspecified atom stereocenters. The quantitative estimate of drug-likeness (QED) is 0.655. The maximum absolute atomic E-state index is 9.81. The lowest BCUT2D eigenvalue weighted by Crippen LogP contribution is -2.37. The second kappa shape index (κ2) is 8.38. The van der Waals surface area contributed by atoms with Gasteiger partial charge in [0.25, 0.3) is 0 Å². The SMILES string of the molecule is OCc1ccccc1CN(Cc1nc2ccccc2[nH]1)C1C=C2C=CC=NC2CC1. The second-order valence-corrected chi connectivity index (χ2v) is 8.02. The summed E-state index contributed by atoms with van der Waals surface area (Å²) in [6.45, 7) is 1.54. The highest BCUT2D eigenvalue weighted by molar-refractivity contribution is 5.75. The molecule has 2 N–H and O–H groups in total. The van der Waals surface area contributed by atoms with Crippen molar-refractivity contribution in [1.29, 1.82) is 0 Å². The van der Waals surface area contributed by atoms with Crippen molar-refractivity contribution < 1.29 is 5.11 Å². The van der Waals surface area contributed by atoms with Crippen molar-refractivity contribution in [3.63, 3.8) is 0 Å². The Bertz CT molecular complexity index is 1090. The number of nitrogens with one attached hydrogen (secondary N) is 1. The van der Waals surface area contributed by atoms with Crippen LogP contribution in [0.25, 0.3) is 11.0 Å². The lowest BCUT2D eigenvalue weighted by atomic mass is 9.89. The average Bonchev–Trinajstić information content (AvgIpc) is 3.21. The van der Waals surface area contributed by atoms with E-state index in [-0.39, 0.29) is 6.61 Å². The summed E-state index contributed by atoms with van der Waals surface area (Å²) in [5.74, 6) is 0.968. The number of benzene rings is 2. The number of fused-ring (bicyclic) bond motifs is 2. The number of hydrogen-bond donors (Lipinski definition) is 2. The fraction of sp³-hybridized carbons (Fsp3) is 0.280. The molecule has 1 aromatic heterocycles. The topological polar surface area (TPSA) is 64.5 Å². The van der Waals surface area contributed by atoms with Crippen molar-refractivity contribution >= 4 is 17.2 Å². The maximum atomic E-state index is 9.81. The molecule has 5 nitrogen and oxygen atoms in total. The number of aromatic amines is 1. The number of dihydropyridines is 1. The maximum Gasteiger partial charge on any atom is 0.121 e. The van der Waals surface area contributed by atoms with Crippen LogP contribution in [0.4, 0.5) is 0 Å². The highest BCUT2D eigenvalue weighted by atomic mass is 16.3. The summed E-state index contributed by atoms with van der Waals surface area (Å²) in [6, 6.07) is 16.9. The van der Waals surface area contributed by atoms with E-state index in [1.165, 1.54) is 5.57 Å². The minimum Gasteiger partial charge on any atom is -0.392 e. The Labute approximate surface area is 176 Å². The van der Waals surface area contributed by atoms with E-state index < -0.39 is 0 Å². The standard InChI is InChI=1S/C25H26N4O/c30-17-20-7-2-1-6-19(20)15-29(16-25-27-23-9-3-4-10-24(23)28-25)21-11-12-22-18(14-21)8-5-13-26-22/h1-10,13-14,21-22,30H,11-12,15-17H2,(H,27,28). The van der Waals surface area contributed by atoms with Crippen LogP contribution in [-0.4, -0.2) is 38.3 Å². The molecule has 1 aliphatic heterocycles. The van der Waals surface area contributed by atoms with Crippen LogP contribution in [0.3, 0.4) is 0 Å². The van der Waals surface area contributed by atoms with Crippen molar-refractivity contribution in [1.82, 2.24) is 14.9 Å². The van der Waals surface area contributed by atoms with Crippen LogP contribution in [0.1, 0.15) is 29.8 Å². The smallest absolute Gasteiger partial charge is 0.121 e. The number of imidazole rings is 1. The van der Waals surface area contributed by atoms with Crippen molar-refractivity contribution in [2.24, 2.45) is 4.99 Å². The molecule has 2 aliphatic rings. The van der Waals surface area contributed by atoms with E-state index in [1.54, 1.807) is 0 Å². The minimum absolute atomic E-state index is 0.0555. The molecular weight excluding hydrogens is 372 g/mol. The summed E-state index contributed by atoms with van der Waals surface area (Å²) >= 11 is 0. The van der Waals surface area contributed by atoms with Gasteiger partial charge in [0.15, 0.2) is 0 Å². The highest BCUT2D eigenvalue weighted by Crippen LogP contribution is 2.29. The Morgan fingerprint density at radius 3 is 2.70 bits per heavy atom. The second-order valence-electron chi connectivity index (χ2n) is 8.02. The molecule has 0 saturated carbocycles. The lowest BCUT2D eigenvalue weighted by molar-refractivity contribution is 0.186. The predicted molar refractivity (Wildman–Crippen MR) is 120 cm³/mol. The molecule has 2 aromatic carbocycles. The van der Waals surface area contributed by atoms with Gasteiger partial charge >= 0.3 is 0 Å². The zero-order valence-electron chi connectivity index (χ0n) is 16.9.